The zero-order valence-electron chi connectivity index (χ0n) is 9.10. The monoisotopic (exact) mass is 220 g/mol. The van der Waals surface area contributed by atoms with Gasteiger partial charge in [-0.25, -0.2) is 4.79 Å². The van der Waals surface area contributed by atoms with Gasteiger partial charge in [0.05, 0.1) is 6.61 Å². The van der Waals surface area contributed by atoms with E-state index in [2.05, 4.69) is 4.74 Å². The summed E-state index contributed by atoms with van der Waals surface area (Å²) in [7, 11) is 0. The molecule has 1 rings (SSSR count). The first-order valence-electron chi connectivity index (χ1n) is 5.55. The van der Waals surface area contributed by atoms with Crippen LogP contribution in [0.5, 0.6) is 0 Å². The van der Waals surface area contributed by atoms with Gasteiger partial charge in [0.2, 0.25) is 0 Å². The lowest BCUT2D eigenvalue weighted by atomic mass is 10.0. The molecule has 0 unspecified atom stereocenters. The molecular formula is C11H18F2O2. The van der Waals surface area contributed by atoms with Gasteiger partial charge in [-0.3, -0.25) is 0 Å². The molecule has 0 aromatic carbocycles. The first-order chi connectivity index (χ1) is 7.00. The van der Waals surface area contributed by atoms with E-state index in [0.717, 1.165) is 25.7 Å². The van der Waals surface area contributed by atoms with E-state index >= 15 is 0 Å². The van der Waals surface area contributed by atoms with Crippen molar-refractivity contribution in [3.8, 4) is 0 Å². The molecule has 0 heterocycles. The summed E-state index contributed by atoms with van der Waals surface area (Å²) in [5.41, 5.74) is 0. The molecule has 0 aromatic heterocycles. The highest BCUT2D eigenvalue weighted by Gasteiger charge is 2.34. The largest absolute Gasteiger partial charge is 0.461 e. The summed E-state index contributed by atoms with van der Waals surface area (Å²) in [5, 5.41) is 0. The average Bonchev–Trinajstić information content (AvgIpc) is 2.40. The molecule has 0 aromatic rings. The van der Waals surface area contributed by atoms with Gasteiger partial charge in [-0.1, -0.05) is 25.7 Å². The number of carbonyl (C=O) groups excluding carboxylic acids is 1. The van der Waals surface area contributed by atoms with Crippen molar-refractivity contribution in [3.05, 3.63) is 0 Å². The molecule has 1 aliphatic carbocycles. The second kappa shape index (κ2) is 5.42. The fourth-order valence-corrected chi connectivity index (χ4v) is 1.85. The van der Waals surface area contributed by atoms with Gasteiger partial charge >= 0.3 is 11.9 Å². The van der Waals surface area contributed by atoms with Crippen LogP contribution in [0.2, 0.25) is 0 Å². The minimum absolute atomic E-state index is 0.155. The topological polar surface area (TPSA) is 26.3 Å². The Balaban J connectivity index is 2.26. The number of carbonyl (C=O) groups is 1. The van der Waals surface area contributed by atoms with Crippen molar-refractivity contribution in [1.82, 2.24) is 0 Å². The highest BCUT2D eigenvalue weighted by Crippen LogP contribution is 2.24. The molecule has 0 bridgehead atoms. The molecular weight excluding hydrogens is 202 g/mol. The SMILES string of the molecule is CC(F)(F)C(=O)OCC1CCCCCC1. The third kappa shape index (κ3) is 4.58. The quantitative estimate of drug-likeness (QED) is 0.539. The van der Waals surface area contributed by atoms with Crippen LogP contribution in [0.15, 0.2) is 0 Å². The van der Waals surface area contributed by atoms with E-state index in [4.69, 9.17) is 0 Å². The molecule has 1 fully saturated rings. The average molecular weight is 220 g/mol. The van der Waals surface area contributed by atoms with Crippen LogP contribution in [0.3, 0.4) is 0 Å². The number of rotatable bonds is 3. The summed E-state index contributed by atoms with van der Waals surface area (Å²) in [6, 6.07) is 0. The summed E-state index contributed by atoms with van der Waals surface area (Å²) in [6.45, 7) is 0.727. The van der Waals surface area contributed by atoms with Crippen LogP contribution < -0.4 is 0 Å². The Hall–Kier alpha value is -0.670. The van der Waals surface area contributed by atoms with Crippen molar-refractivity contribution in [2.24, 2.45) is 5.92 Å². The van der Waals surface area contributed by atoms with Crippen LogP contribution in [0.1, 0.15) is 45.4 Å². The van der Waals surface area contributed by atoms with Crippen LogP contribution >= 0.6 is 0 Å². The van der Waals surface area contributed by atoms with E-state index in [1.807, 2.05) is 0 Å². The van der Waals surface area contributed by atoms with Crippen LogP contribution in [0, 0.1) is 5.92 Å². The zero-order valence-corrected chi connectivity index (χ0v) is 9.10. The van der Waals surface area contributed by atoms with E-state index in [1.54, 1.807) is 0 Å². The number of halogens is 2. The molecule has 0 radical (unpaired) electrons. The van der Waals surface area contributed by atoms with E-state index in [1.165, 1.54) is 12.8 Å². The van der Waals surface area contributed by atoms with E-state index in [0.29, 0.717) is 6.92 Å². The molecule has 0 spiro atoms. The third-order valence-corrected chi connectivity index (χ3v) is 2.78. The highest BCUT2D eigenvalue weighted by atomic mass is 19.3. The van der Waals surface area contributed by atoms with Gasteiger partial charge in [-0.15, -0.1) is 0 Å². The fraction of sp³-hybridized carbons (Fsp3) is 0.909. The molecule has 0 N–H and O–H groups in total. The van der Waals surface area contributed by atoms with Crippen molar-refractivity contribution in [2.75, 3.05) is 6.61 Å². The normalized spacial score (nSPS) is 19.7. The van der Waals surface area contributed by atoms with Crippen molar-refractivity contribution >= 4 is 5.97 Å². The Morgan fingerprint density at radius 3 is 2.27 bits per heavy atom. The molecule has 1 aliphatic rings. The minimum Gasteiger partial charge on any atom is -0.461 e. The van der Waals surface area contributed by atoms with E-state index < -0.39 is 11.9 Å². The number of alkyl halides is 2. The Kier molecular flexibility index (Phi) is 4.48. The van der Waals surface area contributed by atoms with E-state index in [-0.39, 0.29) is 12.5 Å². The summed E-state index contributed by atoms with van der Waals surface area (Å²) in [6.07, 6.45) is 6.61. The maximum atomic E-state index is 12.5. The first-order valence-corrected chi connectivity index (χ1v) is 5.55. The van der Waals surface area contributed by atoms with Gasteiger partial charge in [-0.05, 0) is 18.8 Å². The predicted octanol–water partition coefficient (Wildman–Crippen LogP) is 3.16. The van der Waals surface area contributed by atoms with Gasteiger partial charge in [0, 0.05) is 6.92 Å². The molecule has 0 amide bonds. The number of ether oxygens (including phenoxy) is 1. The fourth-order valence-electron chi connectivity index (χ4n) is 1.85. The summed E-state index contributed by atoms with van der Waals surface area (Å²) < 4.78 is 29.6. The van der Waals surface area contributed by atoms with Crippen molar-refractivity contribution < 1.29 is 18.3 Å². The van der Waals surface area contributed by atoms with Gasteiger partial charge < -0.3 is 4.74 Å². The van der Waals surface area contributed by atoms with Gasteiger partial charge in [0.15, 0.2) is 0 Å². The molecule has 1 saturated carbocycles. The van der Waals surface area contributed by atoms with Crippen molar-refractivity contribution in [2.45, 2.75) is 51.4 Å². The number of hydrogen-bond acceptors (Lipinski definition) is 2. The maximum absolute atomic E-state index is 12.5. The predicted molar refractivity (Wildman–Crippen MR) is 52.8 cm³/mol. The smallest absolute Gasteiger partial charge is 0.376 e. The third-order valence-electron chi connectivity index (χ3n) is 2.78. The Morgan fingerprint density at radius 1 is 1.27 bits per heavy atom. The lowest BCUT2D eigenvalue weighted by Gasteiger charge is -2.16. The van der Waals surface area contributed by atoms with Gasteiger partial charge in [0.1, 0.15) is 0 Å². The first kappa shape index (κ1) is 12.4. The molecule has 4 heteroatoms. The highest BCUT2D eigenvalue weighted by molar-refractivity contribution is 5.76. The molecule has 0 atom stereocenters. The van der Waals surface area contributed by atoms with E-state index in [9.17, 15) is 13.6 Å². The zero-order chi connectivity index (χ0) is 11.3. The maximum Gasteiger partial charge on any atom is 0.376 e. The molecule has 0 aliphatic heterocycles. The Labute approximate surface area is 89.0 Å². The van der Waals surface area contributed by atoms with Crippen LogP contribution in [0.4, 0.5) is 8.78 Å². The summed E-state index contributed by atoms with van der Waals surface area (Å²) in [5.74, 6) is -4.48. The summed E-state index contributed by atoms with van der Waals surface area (Å²) in [4.78, 5) is 10.8. The molecule has 2 nitrogen and oxygen atoms in total. The van der Waals surface area contributed by atoms with Crippen molar-refractivity contribution in [1.29, 1.82) is 0 Å². The minimum atomic E-state index is -3.36. The molecule has 0 saturated heterocycles. The van der Waals surface area contributed by atoms with Gasteiger partial charge in [0.25, 0.3) is 0 Å². The molecule has 15 heavy (non-hydrogen) atoms. The number of esters is 1. The Morgan fingerprint density at radius 2 is 1.80 bits per heavy atom. The second-order valence-corrected chi connectivity index (χ2v) is 4.34. The molecule has 88 valence electrons. The van der Waals surface area contributed by atoms with Crippen LogP contribution in [0.25, 0.3) is 0 Å². The summed E-state index contributed by atoms with van der Waals surface area (Å²) >= 11 is 0. The Bertz CT molecular complexity index is 203. The van der Waals surface area contributed by atoms with Crippen LogP contribution in [-0.2, 0) is 9.53 Å². The standard InChI is InChI=1S/C11H18F2O2/c1-11(12,13)10(14)15-8-9-6-4-2-3-5-7-9/h9H,2-8H2,1H3. The second-order valence-electron chi connectivity index (χ2n) is 4.34. The van der Waals surface area contributed by atoms with Crippen LogP contribution in [-0.4, -0.2) is 18.5 Å². The lowest BCUT2D eigenvalue weighted by molar-refractivity contribution is -0.170. The number of hydrogen-bond donors (Lipinski definition) is 0. The van der Waals surface area contributed by atoms with Crippen molar-refractivity contribution in [3.63, 3.8) is 0 Å². The van der Waals surface area contributed by atoms with Gasteiger partial charge in [-0.2, -0.15) is 8.78 Å². The lowest BCUT2D eigenvalue weighted by Crippen LogP contribution is -2.28.